The van der Waals surface area contributed by atoms with E-state index in [1.165, 1.54) is 18.4 Å². The molecule has 2 atom stereocenters. The van der Waals surface area contributed by atoms with Gasteiger partial charge in [0, 0.05) is 18.6 Å². The fraction of sp³-hybridized carbons (Fsp3) is 0.562. The summed E-state index contributed by atoms with van der Waals surface area (Å²) in [5.74, 6) is 0.408. The van der Waals surface area contributed by atoms with Gasteiger partial charge in [-0.2, -0.15) is 0 Å². The number of carbonyl (C=O) groups is 1. The van der Waals surface area contributed by atoms with E-state index in [4.69, 9.17) is 0 Å². The summed E-state index contributed by atoms with van der Waals surface area (Å²) >= 11 is 0. The van der Waals surface area contributed by atoms with E-state index in [9.17, 15) is 4.79 Å². The number of nitrogens with one attached hydrogen (secondary N) is 2. The Morgan fingerprint density at radius 1 is 1.21 bits per heavy atom. The van der Waals surface area contributed by atoms with Gasteiger partial charge in [-0.25, -0.2) is 0 Å². The summed E-state index contributed by atoms with van der Waals surface area (Å²) in [4.78, 5) is 12.0. The van der Waals surface area contributed by atoms with Crippen molar-refractivity contribution in [1.29, 1.82) is 0 Å². The van der Waals surface area contributed by atoms with Gasteiger partial charge in [-0.05, 0) is 37.7 Å². The van der Waals surface area contributed by atoms with Crippen molar-refractivity contribution < 1.29 is 4.79 Å². The number of hydrogen-bond donors (Lipinski definition) is 2. The zero-order valence-corrected chi connectivity index (χ0v) is 11.3. The molecule has 2 N–H and O–H groups in total. The standard InChI is InChI=1S/C16H22N2O/c19-16(18-14-8-9-14)13-7-10-15(17-11-13)12-5-3-1-2-4-6-12/h1-3,5-6,13-15,17H,4,7-11H2,(H,18,19)/t13?,15-/m0/s1. The van der Waals surface area contributed by atoms with Gasteiger partial charge in [0.2, 0.25) is 5.91 Å². The van der Waals surface area contributed by atoms with Crippen LogP contribution in [0.4, 0.5) is 0 Å². The molecular weight excluding hydrogens is 236 g/mol. The molecule has 2 fully saturated rings. The van der Waals surface area contributed by atoms with Crippen LogP contribution < -0.4 is 10.6 Å². The molecule has 1 amide bonds. The number of amides is 1. The third kappa shape index (κ3) is 3.35. The van der Waals surface area contributed by atoms with Crippen LogP contribution >= 0.6 is 0 Å². The first-order chi connectivity index (χ1) is 9.33. The largest absolute Gasteiger partial charge is 0.353 e. The highest BCUT2D eigenvalue weighted by Crippen LogP contribution is 2.24. The second kappa shape index (κ2) is 5.74. The third-order valence-corrected chi connectivity index (χ3v) is 4.14. The minimum absolute atomic E-state index is 0.158. The monoisotopic (exact) mass is 258 g/mol. The molecule has 0 aromatic rings. The Morgan fingerprint density at radius 2 is 2.11 bits per heavy atom. The molecule has 1 aliphatic heterocycles. The highest BCUT2D eigenvalue weighted by atomic mass is 16.2. The van der Waals surface area contributed by atoms with Crippen LogP contribution in [0.15, 0.2) is 36.0 Å². The predicted molar refractivity (Wildman–Crippen MR) is 76.7 cm³/mol. The van der Waals surface area contributed by atoms with E-state index in [1.807, 2.05) is 0 Å². The normalized spacial score (nSPS) is 30.6. The second-order valence-corrected chi connectivity index (χ2v) is 5.75. The summed E-state index contributed by atoms with van der Waals surface area (Å²) in [6.07, 6.45) is 16.2. The molecule has 1 saturated carbocycles. The van der Waals surface area contributed by atoms with E-state index in [-0.39, 0.29) is 11.8 Å². The van der Waals surface area contributed by atoms with Crippen LogP contribution in [0.3, 0.4) is 0 Å². The van der Waals surface area contributed by atoms with Gasteiger partial charge in [0.05, 0.1) is 5.92 Å². The van der Waals surface area contributed by atoms with E-state index >= 15 is 0 Å². The summed E-state index contributed by atoms with van der Waals surface area (Å²) in [5.41, 5.74) is 1.37. The van der Waals surface area contributed by atoms with Gasteiger partial charge < -0.3 is 10.6 Å². The van der Waals surface area contributed by atoms with Gasteiger partial charge >= 0.3 is 0 Å². The Bertz CT molecular complexity index is 424. The molecule has 0 aromatic carbocycles. The fourth-order valence-corrected chi connectivity index (χ4v) is 2.77. The summed E-state index contributed by atoms with van der Waals surface area (Å²) in [6, 6.07) is 0.893. The molecule has 3 aliphatic rings. The van der Waals surface area contributed by atoms with E-state index < -0.39 is 0 Å². The van der Waals surface area contributed by atoms with Gasteiger partial charge in [0.1, 0.15) is 0 Å². The third-order valence-electron chi connectivity index (χ3n) is 4.14. The molecule has 1 saturated heterocycles. The van der Waals surface area contributed by atoms with Crippen molar-refractivity contribution in [3.05, 3.63) is 36.0 Å². The molecule has 2 aliphatic carbocycles. The van der Waals surface area contributed by atoms with Gasteiger partial charge in [-0.3, -0.25) is 4.79 Å². The second-order valence-electron chi connectivity index (χ2n) is 5.75. The van der Waals surface area contributed by atoms with Crippen molar-refractivity contribution in [3.63, 3.8) is 0 Å². The lowest BCUT2D eigenvalue weighted by Gasteiger charge is -2.30. The van der Waals surface area contributed by atoms with Crippen molar-refractivity contribution in [3.8, 4) is 0 Å². The SMILES string of the molecule is O=C(NC1CC1)C1CC[C@@H](C2=CCC=CC=C2)NC1. The first kappa shape index (κ1) is 12.7. The number of rotatable bonds is 3. The number of carbonyl (C=O) groups excluding carboxylic acids is 1. The van der Waals surface area contributed by atoms with Crippen molar-refractivity contribution in [1.82, 2.24) is 10.6 Å². The van der Waals surface area contributed by atoms with Crippen molar-refractivity contribution in [2.45, 2.75) is 44.2 Å². The topological polar surface area (TPSA) is 41.1 Å². The summed E-state index contributed by atoms with van der Waals surface area (Å²) < 4.78 is 0. The minimum atomic E-state index is 0.158. The fourth-order valence-electron chi connectivity index (χ4n) is 2.77. The van der Waals surface area contributed by atoms with Crippen molar-refractivity contribution >= 4 is 5.91 Å². The molecule has 1 unspecified atom stereocenters. The lowest BCUT2D eigenvalue weighted by atomic mass is 9.90. The zero-order chi connectivity index (χ0) is 13.1. The van der Waals surface area contributed by atoms with Gasteiger partial charge in [-0.1, -0.05) is 30.4 Å². The highest BCUT2D eigenvalue weighted by molar-refractivity contribution is 5.79. The molecule has 1 heterocycles. The van der Waals surface area contributed by atoms with Crippen LogP contribution in [0, 0.1) is 5.92 Å². The number of piperidine rings is 1. The van der Waals surface area contributed by atoms with E-state index in [0.29, 0.717) is 12.1 Å². The van der Waals surface area contributed by atoms with Crippen molar-refractivity contribution in [2.75, 3.05) is 6.54 Å². The molecule has 0 spiro atoms. The van der Waals surface area contributed by atoms with Gasteiger partial charge in [-0.15, -0.1) is 0 Å². The molecule has 3 heteroatoms. The van der Waals surface area contributed by atoms with Crippen LogP contribution in [0.5, 0.6) is 0 Å². The maximum atomic E-state index is 12.0. The Kier molecular flexibility index (Phi) is 3.83. The van der Waals surface area contributed by atoms with Crippen LogP contribution in [-0.4, -0.2) is 24.5 Å². The van der Waals surface area contributed by atoms with E-state index in [2.05, 4.69) is 41.0 Å². The first-order valence-electron chi connectivity index (χ1n) is 7.40. The molecular formula is C16H22N2O. The zero-order valence-electron chi connectivity index (χ0n) is 11.3. The summed E-state index contributed by atoms with van der Waals surface area (Å²) in [6.45, 7) is 0.807. The lowest BCUT2D eigenvalue weighted by molar-refractivity contribution is -0.125. The highest BCUT2D eigenvalue weighted by Gasteiger charge is 2.30. The summed E-state index contributed by atoms with van der Waals surface area (Å²) in [7, 11) is 0. The molecule has 102 valence electrons. The predicted octanol–water partition coefficient (Wildman–Crippen LogP) is 2.08. The number of hydrogen-bond acceptors (Lipinski definition) is 2. The minimum Gasteiger partial charge on any atom is -0.353 e. The Labute approximate surface area is 114 Å². The molecule has 0 bridgehead atoms. The Morgan fingerprint density at radius 3 is 2.84 bits per heavy atom. The van der Waals surface area contributed by atoms with Gasteiger partial charge in [0.25, 0.3) is 0 Å². The molecule has 3 nitrogen and oxygen atoms in total. The maximum absolute atomic E-state index is 12.0. The van der Waals surface area contributed by atoms with Crippen LogP contribution in [0.1, 0.15) is 32.1 Å². The van der Waals surface area contributed by atoms with Crippen LogP contribution in [0.2, 0.25) is 0 Å². The van der Waals surface area contributed by atoms with Gasteiger partial charge in [0.15, 0.2) is 0 Å². The first-order valence-corrected chi connectivity index (χ1v) is 7.40. The van der Waals surface area contributed by atoms with Crippen LogP contribution in [0.25, 0.3) is 0 Å². The number of allylic oxidation sites excluding steroid dienone is 4. The maximum Gasteiger partial charge on any atom is 0.224 e. The average molecular weight is 258 g/mol. The Hall–Kier alpha value is -1.35. The van der Waals surface area contributed by atoms with E-state index in [1.54, 1.807) is 0 Å². The quantitative estimate of drug-likeness (QED) is 0.813. The molecule has 3 rings (SSSR count). The van der Waals surface area contributed by atoms with Crippen LogP contribution in [-0.2, 0) is 4.79 Å². The molecule has 0 aromatic heterocycles. The van der Waals surface area contributed by atoms with Crippen molar-refractivity contribution in [2.24, 2.45) is 5.92 Å². The summed E-state index contributed by atoms with van der Waals surface area (Å²) in [5, 5.41) is 6.64. The lowest BCUT2D eigenvalue weighted by Crippen LogP contribution is -2.46. The Balaban J connectivity index is 1.51. The molecule has 0 radical (unpaired) electrons. The van der Waals surface area contributed by atoms with E-state index in [0.717, 1.165) is 25.8 Å². The molecule has 19 heavy (non-hydrogen) atoms. The average Bonchev–Trinajstić information content (AvgIpc) is 3.25. The smallest absolute Gasteiger partial charge is 0.224 e.